The maximum Gasteiger partial charge on any atom is 0.251 e. The van der Waals surface area contributed by atoms with Crippen LogP contribution in [0.25, 0.3) is 0 Å². The zero-order valence-corrected chi connectivity index (χ0v) is 15.4. The second kappa shape index (κ2) is 9.80. The lowest BCUT2D eigenvalue weighted by molar-refractivity contribution is -0.114. The van der Waals surface area contributed by atoms with Crippen molar-refractivity contribution in [2.75, 3.05) is 37.4 Å². The summed E-state index contributed by atoms with van der Waals surface area (Å²) in [5, 5.41) is 8.55. The summed E-state index contributed by atoms with van der Waals surface area (Å²) in [6.07, 6.45) is 0. The highest BCUT2D eigenvalue weighted by Crippen LogP contribution is 2.15. The lowest BCUT2D eigenvalue weighted by atomic mass is 10.2. The molecular weight excluding hydrogens is 386 g/mol. The summed E-state index contributed by atoms with van der Waals surface area (Å²) in [7, 11) is 1.57. The van der Waals surface area contributed by atoms with Crippen molar-refractivity contribution in [2.45, 2.75) is 0 Å². The Morgan fingerprint density at radius 3 is 2.60 bits per heavy atom. The van der Waals surface area contributed by atoms with Crippen LogP contribution in [-0.4, -0.2) is 38.6 Å². The van der Waals surface area contributed by atoms with Crippen molar-refractivity contribution < 1.29 is 14.3 Å². The van der Waals surface area contributed by atoms with Crippen molar-refractivity contribution in [3.63, 3.8) is 0 Å². The summed E-state index contributed by atoms with van der Waals surface area (Å²) in [6, 6.07) is 14.4. The first kappa shape index (κ1) is 19.0. The molecule has 0 aliphatic rings. The minimum absolute atomic E-state index is 0.126. The number of halogens is 1. The second-order valence-electron chi connectivity index (χ2n) is 5.24. The van der Waals surface area contributed by atoms with Crippen LogP contribution in [0.2, 0.25) is 0 Å². The number of hydrogen-bond acceptors (Lipinski definition) is 4. The molecule has 2 amide bonds. The topological polar surface area (TPSA) is 79.5 Å². The molecule has 0 aromatic heterocycles. The van der Waals surface area contributed by atoms with E-state index in [9.17, 15) is 9.59 Å². The number of anilines is 2. The average molecular weight is 406 g/mol. The van der Waals surface area contributed by atoms with Gasteiger partial charge in [0.2, 0.25) is 5.91 Å². The number of carbonyl (C=O) groups excluding carboxylic acids is 2. The predicted molar refractivity (Wildman–Crippen MR) is 102 cm³/mol. The maximum atomic E-state index is 12.1. The fraction of sp³-hybridized carbons (Fsp3) is 0.222. The van der Waals surface area contributed by atoms with Crippen LogP contribution in [0.5, 0.6) is 0 Å². The molecule has 0 heterocycles. The van der Waals surface area contributed by atoms with Crippen LogP contribution in [0.1, 0.15) is 10.4 Å². The summed E-state index contributed by atoms with van der Waals surface area (Å²) < 4.78 is 5.83. The number of nitrogens with one attached hydrogen (secondary N) is 3. The van der Waals surface area contributed by atoms with Crippen LogP contribution in [0.15, 0.2) is 53.0 Å². The van der Waals surface area contributed by atoms with E-state index < -0.39 is 0 Å². The molecule has 0 unspecified atom stereocenters. The van der Waals surface area contributed by atoms with Crippen LogP contribution < -0.4 is 16.0 Å². The molecule has 3 N–H and O–H groups in total. The molecule has 0 saturated carbocycles. The zero-order chi connectivity index (χ0) is 18.1. The Balaban J connectivity index is 1.88. The molecule has 0 aliphatic heterocycles. The first-order chi connectivity index (χ1) is 12.1. The largest absolute Gasteiger partial charge is 0.383 e. The van der Waals surface area contributed by atoms with Gasteiger partial charge in [-0.25, -0.2) is 0 Å². The second-order valence-corrected chi connectivity index (χ2v) is 6.16. The number of rotatable bonds is 8. The Morgan fingerprint density at radius 2 is 1.84 bits per heavy atom. The molecule has 0 aliphatic carbocycles. The molecule has 2 aromatic carbocycles. The first-order valence-corrected chi connectivity index (χ1v) is 8.54. The lowest BCUT2D eigenvalue weighted by Crippen LogP contribution is -2.27. The standard InChI is InChI=1S/C18H20BrN3O3/c1-25-9-8-20-18(24)13-4-2-7-16(10-13)22-17(23)12-21-15-6-3-5-14(19)11-15/h2-7,10-11,21H,8-9,12H2,1H3,(H,20,24)(H,22,23). The van der Waals surface area contributed by atoms with Crippen molar-refractivity contribution in [2.24, 2.45) is 0 Å². The van der Waals surface area contributed by atoms with Gasteiger partial charge in [0.1, 0.15) is 0 Å². The lowest BCUT2D eigenvalue weighted by Gasteiger charge is -2.10. The third-order valence-corrected chi connectivity index (χ3v) is 3.77. The third kappa shape index (κ3) is 6.56. The molecule has 2 aromatic rings. The Bertz CT molecular complexity index is 737. The van der Waals surface area contributed by atoms with Gasteiger partial charge in [0, 0.05) is 35.1 Å². The smallest absolute Gasteiger partial charge is 0.251 e. The Labute approximate surface area is 155 Å². The van der Waals surface area contributed by atoms with Gasteiger partial charge in [-0.05, 0) is 36.4 Å². The highest BCUT2D eigenvalue weighted by atomic mass is 79.9. The number of methoxy groups -OCH3 is 1. The molecule has 0 saturated heterocycles. The van der Waals surface area contributed by atoms with Gasteiger partial charge in [0.05, 0.1) is 13.2 Å². The van der Waals surface area contributed by atoms with E-state index in [1.54, 1.807) is 31.4 Å². The first-order valence-electron chi connectivity index (χ1n) is 7.75. The number of ether oxygens (including phenoxy) is 1. The monoisotopic (exact) mass is 405 g/mol. The van der Waals surface area contributed by atoms with Crippen molar-refractivity contribution in [3.8, 4) is 0 Å². The Morgan fingerprint density at radius 1 is 1.08 bits per heavy atom. The van der Waals surface area contributed by atoms with Crippen LogP contribution in [-0.2, 0) is 9.53 Å². The average Bonchev–Trinajstić information content (AvgIpc) is 2.60. The highest BCUT2D eigenvalue weighted by Gasteiger charge is 2.07. The van der Waals surface area contributed by atoms with Crippen LogP contribution in [0, 0.1) is 0 Å². The van der Waals surface area contributed by atoms with Gasteiger partial charge in [-0.1, -0.05) is 28.1 Å². The molecule has 132 valence electrons. The molecule has 0 spiro atoms. The number of amides is 2. The van der Waals surface area contributed by atoms with Crippen molar-refractivity contribution in [1.82, 2.24) is 5.32 Å². The van der Waals surface area contributed by atoms with Gasteiger partial charge in [-0.3, -0.25) is 9.59 Å². The van der Waals surface area contributed by atoms with Crippen molar-refractivity contribution in [1.29, 1.82) is 0 Å². The van der Waals surface area contributed by atoms with E-state index in [0.717, 1.165) is 10.2 Å². The van der Waals surface area contributed by atoms with Gasteiger partial charge in [-0.15, -0.1) is 0 Å². The van der Waals surface area contributed by atoms with E-state index in [2.05, 4.69) is 31.9 Å². The minimum atomic E-state index is -0.208. The molecular formula is C18H20BrN3O3. The molecule has 2 rings (SSSR count). The summed E-state index contributed by atoms with van der Waals surface area (Å²) in [6.45, 7) is 1.01. The molecule has 25 heavy (non-hydrogen) atoms. The van der Waals surface area contributed by atoms with Gasteiger partial charge >= 0.3 is 0 Å². The van der Waals surface area contributed by atoms with E-state index in [1.807, 2.05) is 24.3 Å². The number of hydrogen-bond donors (Lipinski definition) is 3. The SMILES string of the molecule is COCCNC(=O)c1cccc(NC(=O)CNc2cccc(Br)c2)c1. The summed E-state index contributed by atoms with van der Waals surface area (Å²) >= 11 is 3.38. The summed E-state index contributed by atoms with van der Waals surface area (Å²) in [5.41, 5.74) is 1.89. The molecule has 0 fully saturated rings. The van der Waals surface area contributed by atoms with E-state index in [1.165, 1.54) is 0 Å². The van der Waals surface area contributed by atoms with Gasteiger partial charge in [0.25, 0.3) is 5.91 Å². The molecule has 0 bridgehead atoms. The maximum absolute atomic E-state index is 12.1. The molecule has 6 nitrogen and oxygen atoms in total. The molecule has 7 heteroatoms. The van der Waals surface area contributed by atoms with Crippen molar-refractivity contribution in [3.05, 3.63) is 58.6 Å². The van der Waals surface area contributed by atoms with Crippen LogP contribution >= 0.6 is 15.9 Å². The number of benzene rings is 2. The van der Waals surface area contributed by atoms with Gasteiger partial charge in [-0.2, -0.15) is 0 Å². The molecule has 0 radical (unpaired) electrons. The summed E-state index contributed by atoms with van der Waals surface area (Å²) in [5.74, 6) is -0.405. The quantitative estimate of drug-likeness (QED) is 0.589. The van der Waals surface area contributed by atoms with E-state index in [4.69, 9.17) is 4.74 Å². The highest BCUT2D eigenvalue weighted by molar-refractivity contribution is 9.10. The minimum Gasteiger partial charge on any atom is -0.383 e. The van der Waals surface area contributed by atoms with Crippen molar-refractivity contribution >= 4 is 39.1 Å². The van der Waals surface area contributed by atoms with E-state index in [0.29, 0.717) is 24.4 Å². The summed E-state index contributed by atoms with van der Waals surface area (Å²) in [4.78, 5) is 24.1. The van der Waals surface area contributed by atoms with E-state index >= 15 is 0 Å². The fourth-order valence-electron chi connectivity index (χ4n) is 2.09. The van der Waals surface area contributed by atoms with Gasteiger partial charge in [0.15, 0.2) is 0 Å². The molecule has 0 atom stereocenters. The van der Waals surface area contributed by atoms with E-state index in [-0.39, 0.29) is 18.4 Å². The van der Waals surface area contributed by atoms with Gasteiger partial charge < -0.3 is 20.7 Å². The fourth-order valence-corrected chi connectivity index (χ4v) is 2.49. The van der Waals surface area contributed by atoms with Crippen LogP contribution in [0.3, 0.4) is 0 Å². The predicted octanol–water partition coefficient (Wildman–Crippen LogP) is 2.88. The zero-order valence-electron chi connectivity index (χ0n) is 13.8. The Kier molecular flexibility index (Phi) is 7.43. The normalized spacial score (nSPS) is 10.2. The van der Waals surface area contributed by atoms with Crippen LogP contribution in [0.4, 0.5) is 11.4 Å². The number of carbonyl (C=O) groups is 2. The third-order valence-electron chi connectivity index (χ3n) is 3.28. The Hall–Kier alpha value is -2.38.